The highest BCUT2D eigenvalue weighted by Gasteiger charge is 2.35. The van der Waals surface area contributed by atoms with Crippen LogP contribution >= 0.6 is 0 Å². The van der Waals surface area contributed by atoms with Gasteiger partial charge in [-0.05, 0) is 17.7 Å². The number of nitrogens with two attached hydrogens (primary N) is 9. The summed E-state index contributed by atoms with van der Waals surface area (Å²) in [5.74, 6) is -16.0. The average Bonchev–Trinajstić information content (AvgIpc) is 3.51. The van der Waals surface area contributed by atoms with Crippen molar-refractivity contribution < 1.29 is 83.1 Å². The normalized spacial score (nSPS) is 13.7. The monoisotopic (exact) mass is 1200 g/mol. The van der Waals surface area contributed by atoms with Crippen LogP contribution < -0.4 is 110 Å². The van der Waals surface area contributed by atoms with Crippen molar-refractivity contribution in [3.63, 3.8) is 0 Å². The predicted octanol–water partition coefficient (Wildman–Crippen LogP) is -16.9. The lowest BCUT2D eigenvalue weighted by Gasteiger charge is -2.26. The molecule has 9 atom stereocenters. The Morgan fingerprint density at radius 3 is 0.988 bits per heavy atom. The maximum Gasteiger partial charge on any atom is 0.245 e. The van der Waals surface area contributed by atoms with Gasteiger partial charge in [0.25, 0.3) is 0 Å². The summed E-state index contributed by atoms with van der Waals surface area (Å²) in [6.07, 6.45) is -0.0233. The molecule has 41 nitrogen and oxygen atoms in total. The van der Waals surface area contributed by atoms with Crippen LogP contribution in [0.4, 0.5) is 0 Å². The molecule has 0 heterocycles. The third kappa shape index (κ3) is 27.6. The molecule has 41 heteroatoms. The second kappa shape index (κ2) is 36.8. The summed E-state index contributed by atoms with van der Waals surface area (Å²) >= 11 is 0. The highest BCUT2D eigenvalue weighted by Crippen LogP contribution is 2.12. The van der Waals surface area contributed by atoms with Gasteiger partial charge in [0.1, 0.15) is 60.1 Å². The van der Waals surface area contributed by atoms with E-state index in [0.717, 1.165) is 6.92 Å². The number of phenols is 1. The quantitative estimate of drug-likeness (QED) is 0.0219. The van der Waals surface area contributed by atoms with Crippen molar-refractivity contribution in [2.45, 2.75) is 67.7 Å². The van der Waals surface area contributed by atoms with Gasteiger partial charge in [-0.2, -0.15) is 0 Å². The number of amides is 12. The Bertz CT molecular complexity index is 2610. The van der Waals surface area contributed by atoms with Gasteiger partial charge in [0.15, 0.2) is 23.8 Å². The molecule has 1 rings (SSSR count). The van der Waals surface area contributed by atoms with Crippen molar-refractivity contribution in [1.29, 1.82) is 0 Å². The Morgan fingerprint density at radius 2 is 0.679 bits per heavy atom. The fourth-order valence-corrected chi connectivity index (χ4v) is 6.36. The number of carbonyl (C=O) groups is 12. The maximum absolute atomic E-state index is 13.7. The van der Waals surface area contributed by atoms with Gasteiger partial charge < -0.3 is 136 Å². The number of carbonyl (C=O) groups excluding carboxylic acids is 12. The molecular formula is C43H72N24O17. The van der Waals surface area contributed by atoms with Crippen LogP contribution in [0.15, 0.2) is 44.2 Å². The van der Waals surface area contributed by atoms with Crippen molar-refractivity contribution in [1.82, 2.24) is 58.5 Å². The predicted molar refractivity (Wildman–Crippen MR) is 291 cm³/mol. The van der Waals surface area contributed by atoms with Crippen LogP contribution in [0.1, 0.15) is 12.5 Å². The summed E-state index contributed by atoms with van der Waals surface area (Å²) in [5.41, 5.74) is 48.8. The van der Waals surface area contributed by atoms with E-state index in [0.29, 0.717) is 5.56 Å². The molecular weight excluding hydrogens is 1120 g/mol. The summed E-state index contributed by atoms with van der Waals surface area (Å²) in [6, 6.07) is -10.3. The minimum Gasteiger partial charge on any atom is -0.508 e. The molecule has 0 spiro atoms. The lowest BCUT2D eigenvalue weighted by molar-refractivity contribution is -0.136. The van der Waals surface area contributed by atoms with E-state index < -0.39 is 215 Å². The van der Waals surface area contributed by atoms with Gasteiger partial charge >= 0.3 is 0 Å². The lowest BCUT2D eigenvalue weighted by Crippen LogP contribution is -2.62. The smallest absolute Gasteiger partial charge is 0.245 e. The van der Waals surface area contributed by atoms with Crippen LogP contribution in [-0.2, 0) is 64.0 Å². The fraction of sp³-hybridized carbons (Fsp3) is 0.488. The molecule has 0 aromatic heterocycles. The topological polar surface area (TPSA) is 722 Å². The highest BCUT2D eigenvalue weighted by atomic mass is 16.3. The number of phenolic OH excluding ortho intramolecular Hbond substituents is 1. The minimum absolute atomic E-state index is 0.0233. The number of aliphatic hydroxyl groups excluding tert-OH is 4. The maximum atomic E-state index is 13.7. The molecule has 1 aromatic carbocycles. The van der Waals surface area contributed by atoms with Crippen LogP contribution in [-0.4, -0.2) is 240 Å². The van der Waals surface area contributed by atoms with Crippen LogP contribution in [0.3, 0.4) is 0 Å². The number of aliphatic hydroxyl groups is 4. The van der Waals surface area contributed by atoms with E-state index in [2.05, 4.69) is 73.1 Å². The summed E-state index contributed by atoms with van der Waals surface area (Å²) in [7, 11) is 0. The van der Waals surface area contributed by atoms with Gasteiger partial charge in [-0.1, -0.05) is 12.1 Å². The molecule has 0 aliphatic rings. The van der Waals surface area contributed by atoms with Crippen LogP contribution in [0.2, 0.25) is 0 Å². The van der Waals surface area contributed by atoms with Gasteiger partial charge in [-0.15, -0.1) is 0 Å². The van der Waals surface area contributed by atoms with E-state index in [9.17, 15) is 83.1 Å². The second-order valence-corrected chi connectivity index (χ2v) is 17.4. The Hall–Kier alpha value is -10.4. The van der Waals surface area contributed by atoms with E-state index in [4.69, 9.17) is 51.6 Å². The number of primary amides is 1. The summed E-state index contributed by atoms with van der Waals surface area (Å²) < 4.78 is 0. The van der Waals surface area contributed by atoms with Crippen molar-refractivity contribution in [2.75, 3.05) is 65.7 Å². The van der Waals surface area contributed by atoms with Gasteiger partial charge in [0.2, 0.25) is 70.9 Å². The molecule has 0 fully saturated rings. The first kappa shape index (κ1) is 71.6. The Morgan fingerprint density at radius 1 is 0.381 bits per heavy atom. The first-order chi connectivity index (χ1) is 39.4. The van der Waals surface area contributed by atoms with Crippen molar-refractivity contribution in [3.05, 3.63) is 29.8 Å². The summed E-state index contributed by atoms with van der Waals surface area (Å²) in [4.78, 5) is 170. The Labute approximate surface area is 476 Å². The molecule has 84 heavy (non-hydrogen) atoms. The van der Waals surface area contributed by atoms with Crippen molar-refractivity contribution >= 4 is 94.7 Å². The number of benzene rings is 1. The molecule has 34 N–H and O–H groups in total. The van der Waals surface area contributed by atoms with E-state index in [1.54, 1.807) is 0 Å². The molecule has 0 saturated heterocycles. The highest BCUT2D eigenvalue weighted by molar-refractivity contribution is 5.99. The summed E-state index contributed by atoms with van der Waals surface area (Å²) in [5, 5.41) is 73.1. The number of rotatable bonds is 36. The Balaban J connectivity index is 3.22. The van der Waals surface area contributed by atoms with Gasteiger partial charge in [-0.3, -0.25) is 77.5 Å². The van der Waals surface area contributed by atoms with E-state index in [1.807, 2.05) is 5.32 Å². The van der Waals surface area contributed by atoms with Crippen LogP contribution in [0, 0.1) is 0 Å². The van der Waals surface area contributed by atoms with Crippen molar-refractivity contribution in [3.8, 4) is 5.75 Å². The van der Waals surface area contributed by atoms with E-state index in [-0.39, 0.29) is 12.2 Å². The van der Waals surface area contributed by atoms with E-state index >= 15 is 0 Å². The molecule has 0 aliphatic heterocycles. The zero-order valence-electron chi connectivity index (χ0n) is 44.9. The van der Waals surface area contributed by atoms with Gasteiger partial charge in [-0.25, -0.2) is 0 Å². The number of aromatic hydroxyl groups is 1. The second-order valence-electron chi connectivity index (χ2n) is 17.4. The molecule has 12 amide bonds. The fourth-order valence-electron chi connectivity index (χ4n) is 6.36. The van der Waals surface area contributed by atoms with Crippen LogP contribution in [0.5, 0.6) is 5.75 Å². The number of aliphatic imine (C=N–C) groups is 4. The molecule has 0 unspecified atom stereocenters. The van der Waals surface area contributed by atoms with Crippen molar-refractivity contribution in [2.24, 2.45) is 71.6 Å². The number of nitrogens with one attached hydrogen (secondary N) is 11. The van der Waals surface area contributed by atoms with E-state index in [1.165, 1.54) is 24.3 Å². The standard InChI is InChI=1S/C43H72N24O17/c1-17(72)59-20(6-18-2-4-19(73)5-3-18)32(77)54-11-29(74)53-12-30(75)60-21(7-55-40(45)46)33(78)65-26(14-69)37(82)62-23(9-57-42(49)50)35(80)67-28(16-71)39(84)63-24(10-58-43(51)52)36(81)66-27(15-70)38(83)61-22(8-56-41(47)48)34(79)64-25(13-68)31(44)76/h2-5,20-28,68-71,73H,6-16H2,1H3,(H2,44,76)(H,53,74)(H,54,77)(H,59,72)(H,60,75)(H,61,83)(H,62,82)(H,63,84)(H,64,79)(H,65,78)(H,66,81)(H,67,80)(H4,45,46,55)(H4,47,48,56)(H4,49,50,57)(H4,51,52,58)/t20-,21-,22-,23-,24-,25-,26-,27-,28-/m0/s1. The van der Waals surface area contributed by atoms with Crippen LogP contribution in [0.25, 0.3) is 0 Å². The molecule has 0 saturated carbocycles. The number of hydrogen-bond donors (Lipinski definition) is 25. The summed E-state index contributed by atoms with van der Waals surface area (Å²) in [6.45, 7) is -7.95. The average molecular weight is 1200 g/mol. The largest absolute Gasteiger partial charge is 0.508 e. The molecule has 1 aromatic rings. The first-order valence-electron chi connectivity index (χ1n) is 24.4. The SMILES string of the molecule is CC(=O)N[C@@H](Cc1ccc(O)cc1)C(=O)NCC(=O)NCC(=O)N[C@@H](CN=C(N)N)C(=O)N[C@@H](CO)C(=O)N[C@@H](CN=C(N)N)C(=O)N[C@@H](CO)C(=O)N[C@@H](CN=C(N)N)C(=O)N[C@@H](CO)C(=O)N[C@@H](CN=C(N)N)C(=O)N[C@@H](CO)C(N)=O. The zero-order valence-corrected chi connectivity index (χ0v) is 44.9. The molecule has 0 radical (unpaired) electrons. The number of guanidine groups is 4. The molecule has 0 aliphatic carbocycles. The zero-order chi connectivity index (χ0) is 63.8. The third-order valence-electron chi connectivity index (χ3n) is 10.6. The minimum atomic E-state index is -2.03. The van der Waals surface area contributed by atoms with Gasteiger partial charge in [0, 0.05) is 13.3 Å². The number of nitrogens with zero attached hydrogens (tertiary/aromatic N) is 4. The molecule has 466 valence electrons. The van der Waals surface area contributed by atoms with Gasteiger partial charge in [0.05, 0.1) is 65.7 Å². The Kier molecular flexibility index (Phi) is 31.3. The first-order valence-corrected chi connectivity index (χ1v) is 24.4. The number of hydrogen-bond acceptors (Lipinski definition) is 21. The molecule has 0 bridgehead atoms. The lowest BCUT2D eigenvalue weighted by atomic mass is 10.0. The third-order valence-corrected chi connectivity index (χ3v) is 10.6.